The van der Waals surface area contributed by atoms with Gasteiger partial charge in [0.25, 0.3) is 0 Å². The number of nitrogens with two attached hydrogens (primary N) is 1. The van der Waals surface area contributed by atoms with E-state index in [4.69, 9.17) is 13.6 Å². The van der Waals surface area contributed by atoms with E-state index in [1.54, 1.807) is 23.6 Å². The van der Waals surface area contributed by atoms with Gasteiger partial charge in [-0.25, -0.2) is 9.50 Å². The highest BCUT2D eigenvalue weighted by Crippen LogP contribution is 2.07. The van der Waals surface area contributed by atoms with E-state index in [2.05, 4.69) is 10.1 Å². The number of fused-ring (bicyclic) bond motifs is 1. The minimum atomic E-state index is 0.458. The lowest BCUT2D eigenvalue weighted by Gasteiger charge is -2.00. The average Bonchev–Trinajstić information content (AvgIpc) is 2.33. The molecule has 0 unspecified atom stereocenters. The Morgan fingerprint density at radius 3 is 3.00 bits per heavy atom. The van der Waals surface area contributed by atoms with Gasteiger partial charge in [0.05, 0.1) is 0 Å². The number of nitrogens with zero attached hydrogens (tertiary/aromatic N) is 3. The molecule has 58 valence electrons. The monoisotopic (exact) mass is 158 g/mol. The van der Waals surface area contributed by atoms with Gasteiger partial charge in [-0.1, -0.05) is 0 Å². The van der Waals surface area contributed by atoms with Crippen LogP contribution in [0.1, 0.15) is 5.82 Å². The van der Waals surface area contributed by atoms with Crippen molar-refractivity contribution in [2.24, 2.45) is 0 Å². The third kappa shape index (κ3) is 0.862. The Labute approximate surface area is 70.8 Å². The zero-order chi connectivity index (χ0) is 8.72. The lowest BCUT2D eigenvalue weighted by Crippen LogP contribution is -2.14. The fourth-order valence-corrected chi connectivity index (χ4v) is 1.15. The summed E-state index contributed by atoms with van der Waals surface area (Å²) in [5, 5.41) is 4.10. The van der Waals surface area contributed by atoms with Gasteiger partial charge >= 0.3 is 0 Å². The van der Waals surface area contributed by atoms with Crippen molar-refractivity contribution in [2.45, 2.75) is 6.92 Å². The highest BCUT2D eigenvalue weighted by Gasteiger charge is 2.02. The summed E-state index contributed by atoms with van der Waals surface area (Å²) in [6, 6.07) is 3.55. The molecule has 0 fully saturated rings. The molecule has 2 aromatic heterocycles. The number of anilines is 1. The maximum absolute atomic E-state index is 5.64. The SMILES string of the molecule is [B]c1ccc2c(N)nc(C)nn12. The lowest BCUT2D eigenvalue weighted by atomic mass is 10.1. The molecule has 2 aromatic rings. The molecular formula is C7H7BN4. The van der Waals surface area contributed by atoms with Crippen molar-refractivity contribution >= 4 is 24.8 Å². The van der Waals surface area contributed by atoms with E-state index < -0.39 is 0 Å². The van der Waals surface area contributed by atoms with E-state index in [0.29, 0.717) is 17.2 Å². The van der Waals surface area contributed by atoms with Crippen molar-refractivity contribution in [3.05, 3.63) is 18.0 Å². The summed E-state index contributed by atoms with van der Waals surface area (Å²) in [6.45, 7) is 1.77. The quantitative estimate of drug-likeness (QED) is 0.521. The van der Waals surface area contributed by atoms with Crippen LogP contribution in [0.15, 0.2) is 12.1 Å². The first kappa shape index (κ1) is 7.15. The normalized spacial score (nSPS) is 10.8. The molecule has 2 radical (unpaired) electrons. The first-order valence-corrected chi connectivity index (χ1v) is 3.56. The summed E-state index contributed by atoms with van der Waals surface area (Å²) >= 11 is 0. The molecule has 0 spiro atoms. The van der Waals surface area contributed by atoms with Crippen LogP contribution in [0.25, 0.3) is 5.52 Å². The van der Waals surface area contributed by atoms with Crippen LogP contribution < -0.4 is 11.3 Å². The summed E-state index contributed by atoms with van der Waals surface area (Å²) in [6.07, 6.45) is 0. The average molecular weight is 158 g/mol. The second-order valence-corrected chi connectivity index (χ2v) is 2.60. The van der Waals surface area contributed by atoms with Crippen LogP contribution in [-0.2, 0) is 0 Å². The van der Waals surface area contributed by atoms with E-state index in [9.17, 15) is 0 Å². The molecule has 2 heterocycles. The number of hydrogen-bond acceptors (Lipinski definition) is 3. The van der Waals surface area contributed by atoms with Crippen molar-refractivity contribution < 1.29 is 0 Å². The summed E-state index contributed by atoms with van der Waals surface area (Å²) in [7, 11) is 5.63. The maximum atomic E-state index is 5.64. The zero-order valence-corrected chi connectivity index (χ0v) is 6.65. The molecule has 0 saturated carbocycles. The Hall–Kier alpha value is -1.52. The fraction of sp³-hybridized carbons (Fsp3) is 0.143. The summed E-state index contributed by atoms with van der Waals surface area (Å²) < 4.78 is 1.58. The molecule has 0 bridgehead atoms. The third-order valence-corrected chi connectivity index (χ3v) is 1.67. The van der Waals surface area contributed by atoms with Crippen molar-refractivity contribution in [1.29, 1.82) is 0 Å². The molecule has 0 amide bonds. The topological polar surface area (TPSA) is 56.2 Å². The Bertz CT molecular complexity index is 434. The minimum Gasteiger partial charge on any atom is -0.382 e. The molecule has 0 atom stereocenters. The second-order valence-electron chi connectivity index (χ2n) is 2.60. The Kier molecular flexibility index (Phi) is 1.33. The van der Waals surface area contributed by atoms with Gasteiger partial charge in [0.1, 0.15) is 19.2 Å². The van der Waals surface area contributed by atoms with E-state index >= 15 is 0 Å². The Morgan fingerprint density at radius 1 is 1.50 bits per heavy atom. The summed E-state index contributed by atoms with van der Waals surface area (Å²) in [5.41, 5.74) is 6.96. The highest BCUT2D eigenvalue weighted by molar-refractivity contribution is 6.31. The van der Waals surface area contributed by atoms with Crippen molar-refractivity contribution in [2.75, 3.05) is 5.73 Å². The van der Waals surface area contributed by atoms with E-state index in [1.165, 1.54) is 0 Å². The van der Waals surface area contributed by atoms with Crippen molar-refractivity contribution in [1.82, 2.24) is 14.6 Å². The van der Waals surface area contributed by atoms with Crippen molar-refractivity contribution in [3.63, 3.8) is 0 Å². The zero-order valence-electron chi connectivity index (χ0n) is 6.65. The van der Waals surface area contributed by atoms with Gasteiger partial charge in [0.2, 0.25) is 0 Å². The predicted molar refractivity (Wildman–Crippen MR) is 47.5 cm³/mol. The molecule has 0 aliphatic rings. The van der Waals surface area contributed by atoms with Gasteiger partial charge in [0.15, 0.2) is 5.82 Å². The Morgan fingerprint density at radius 2 is 2.25 bits per heavy atom. The number of hydrogen-bond donors (Lipinski definition) is 1. The fourth-order valence-electron chi connectivity index (χ4n) is 1.15. The number of rotatable bonds is 0. The van der Waals surface area contributed by atoms with Crippen LogP contribution in [0.5, 0.6) is 0 Å². The van der Waals surface area contributed by atoms with Crippen molar-refractivity contribution in [3.8, 4) is 0 Å². The first-order valence-electron chi connectivity index (χ1n) is 3.56. The van der Waals surface area contributed by atoms with Crippen LogP contribution in [-0.4, -0.2) is 22.4 Å². The van der Waals surface area contributed by atoms with Gasteiger partial charge in [-0.3, -0.25) is 0 Å². The molecule has 0 aliphatic carbocycles. The molecule has 0 aliphatic heterocycles. The maximum Gasteiger partial charge on any atom is 0.151 e. The van der Waals surface area contributed by atoms with Crippen LogP contribution in [0.2, 0.25) is 0 Å². The molecule has 4 nitrogen and oxygen atoms in total. The van der Waals surface area contributed by atoms with Gasteiger partial charge < -0.3 is 5.73 Å². The summed E-state index contributed by atoms with van der Waals surface area (Å²) in [5.74, 6) is 1.07. The lowest BCUT2D eigenvalue weighted by molar-refractivity contribution is 0.878. The number of nitrogen functional groups attached to an aromatic ring is 1. The van der Waals surface area contributed by atoms with Crippen LogP contribution >= 0.6 is 0 Å². The van der Waals surface area contributed by atoms with Gasteiger partial charge in [-0.2, -0.15) is 5.10 Å². The molecule has 2 rings (SSSR count). The standard InChI is InChI=1S/C7H7BN4/c1-4-10-7(9)5-2-3-6(8)12(5)11-4/h2-3H,1H3,(H2,9,10,11). The molecule has 0 saturated heterocycles. The van der Waals surface area contributed by atoms with E-state index in [0.717, 1.165) is 5.52 Å². The van der Waals surface area contributed by atoms with Crippen LogP contribution in [0.3, 0.4) is 0 Å². The smallest absolute Gasteiger partial charge is 0.151 e. The second kappa shape index (κ2) is 2.23. The highest BCUT2D eigenvalue weighted by atomic mass is 15.3. The predicted octanol–water partition coefficient (Wildman–Crippen LogP) is -0.586. The van der Waals surface area contributed by atoms with Crippen LogP contribution in [0.4, 0.5) is 5.82 Å². The first-order chi connectivity index (χ1) is 5.68. The van der Waals surface area contributed by atoms with Crippen LogP contribution in [0, 0.1) is 6.92 Å². The van der Waals surface area contributed by atoms with E-state index in [-0.39, 0.29) is 0 Å². The molecule has 2 N–H and O–H groups in total. The minimum absolute atomic E-state index is 0.458. The summed E-state index contributed by atoms with van der Waals surface area (Å²) in [4.78, 5) is 4.01. The van der Waals surface area contributed by atoms with Gasteiger partial charge in [-0.15, -0.1) is 0 Å². The largest absolute Gasteiger partial charge is 0.382 e. The van der Waals surface area contributed by atoms with Gasteiger partial charge in [-0.05, 0) is 24.6 Å². The molecule has 5 heteroatoms. The van der Waals surface area contributed by atoms with Gasteiger partial charge in [0, 0.05) is 0 Å². The number of aromatic nitrogens is 3. The third-order valence-electron chi connectivity index (χ3n) is 1.67. The molecule has 0 aromatic carbocycles. The Balaban J connectivity index is 2.92. The molecular weight excluding hydrogens is 151 g/mol. The van der Waals surface area contributed by atoms with E-state index in [1.807, 2.05) is 0 Å². The number of aryl methyl sites for hydroxylation is 1. The molecule has 12 heavy (non-hydrogen) atoms.